The van der Waals surface area contributed by atoms with E-state index in [4.69, 9.17) is 11.6 Å². The molecule has 0 saturated heterocycles. The molecule has 0 aliphatic heterocycles. The van der Waals surface area contributed by atoms with E-state index in [-0.39, 0.29) is 58.6 Å². The molecule has 0 aromatic carbocycles. The summed E-state index contributed by atoms with van der Waals surface area (Å²) in [4.78, 5) is 10.5. The van der Waals surface area contributed by atoms with Crippen LogP contribution in [0.25, 0.3) is 0 Å². The van der Waals surface area contributed by atoms with E-state index in [1.807, 2.05) is 0 Å². The monoisotopic (exact) mass is 227 g/mol. The Morgan fingerprint density at radius 1 is 1.80 bits per heavy atom. The van der Waals surface area contributed by atoms with Gasteiger partial charge in [-0.05, 0) is 11.5 Å². The predicted molar refractivity (Wildman–Crippen MR) is 49.8 cm³/mol. The molecule has 2 nitrogen and oxygen atoms in total. The molecule has 1 rings (SSSR count). The second-order valence-electron chi connectivity index (χ2n) is 1.38. The van der Waals surface area contributed by atoms with Crippen molar-refractivity contribution < 1.29 is 2.85 Å². The van der Waals surface area contributed by atoms with Crippen molar-refractivity contribution in [3.63, 3.8) is 0 Å². The zero-order chi connectivity index (χ0) is 6.15. The Hall–Kier alpha value is 1.27. The third kappa shape index (κ3) is 3.60. The van der Waals surface area contributed by atoms with E-state index in [1.54, 1.807) is 7.05 Å². The molecule has 56 valence electrons. The summed E-state index contributed by atoms with van der Waals surface area (Å²) in [5.41, 5.74) is -0.0417. The van der Waals surface area contributed by atoms with Crippen LogP contribution in [-0.4, -0.2) is 41.7 Å². The van der Waals surface area contributed by atoms with E-state index >= 15 is 0 Å². The molecule has 0 spiro atoms. The van der Waals surface area contributed by atoms with E-state index in [0.29, 0.717) is 4.34 Å². The summed E-state index contributed by atoms with van der Waals surface area (Å²) >= 11 is 6.70. The standard InChI is InChI=1S/C4H4ClNOS.Ca.ClH.2H/c1-6-4(7)2-3(5)8-6;;;;/h2H,1H3;;1H;;/q;+2;;2*-1. The average molecular weight is 228 g/mol. The first-order chi connectivity index (χ1) is 3.70. The summed E-state index contributed by atoms with van der Waals surface area (Å²) in [6.45, 7) is 0. The third-order valence-electron chi connectivity index (χ3n) is 0.771. The van der Waals surface area contributed by atoms with Gasteiger partial charge < -0.3 is 2.85 Å². The van der Waals surface area contributed by atoms with Gasteiger partial charge >= 0.3 is 37.7 Å². The smallest absolute Gasteiger partial charge is 1.00 e. The molecule has 0 amide bonds. The van der Waals surface area contributed by atoms with Crippen LogP contribution in [0.4, 0.5) is 0 Å². The number of halogens is 2. The number of rotatable bonds is 0. The molecule has 0 atom stereocenters. The van der Waals surface area contributed by atoms with Gasteiger partial charge in [-0.15, -0.1) is 12.4 Å². The van der Waals surface area contributed by atoms with E-state index in [2.05, 4.69) is 0 Å². The van der Waals surface area contributed by atoms with Gasteiger partial charge in [-0.25, -0.2) is 0 Å². The van der Waals surface area contributed by atoms with E-state index < -0.39 is 0 Å². The maximum absolute atomic E-state index is 10.5. The van der Waals surface area contributed by atoms with Crippen LogP contribution in [0, 0.1) is 0 Å². The minimum Gasteiger partial charge on any atom is -1.00 e. The van der Waals surface area contributed by atoms with Crippen molar-refractivity contribution in [1.82, 2.24) is 3.96 Å². The zero-order valence-corrected chi connectivity index (χ0v) is 9.93. The second-order valence-corrected chi connectivity index (χ2v) is 3.18. The fourth-order valence-electron chi connectivity index (χ4n) is 0.390. The van der Waals surface area contributed by atoms with E-state index in [9.17, 15) is 4.79 Å². The summed E-state index contributed by atoms with van der Waals surface area (Å²) in [5.74, 6) is 0. The first-order valence-electron chi connectivity index (χ1n) is 2.03. The summed E-state index contributed by atoms with van der Waals surface area (Å²) in [7, 11) is 1.68. The van der Waals surface area contributed by atoms with Crippen molar-refractivity contribution in [2.75, 3.05) is 0 Å². The predicted octanol–water partition coefficient (Wildman–Crippen LogP) is 1.37. The van der Waals surface area contributed by atoms with Crippen molar-refractivity contribution in [3.8, 4) is 0 Å². The van der Waals surface area contributed by atoms with E-state index in [0.717, 1.165) is 0 Å². The summed E-state index contributed by atoms with van der Waals surface area (Å²) in [5, 5.41) is 0. The van der Waals surface area contributed by atoms with Crippen molar-refractivity contribution >= 4 is 73.3 Å². The first kappa shape index (κ1) is 13.8. The van der Waals surface area contributed by atoms with Crippen molar-refractivity contribution in [2.45, 2.75) is 0 Å². The Bertz CT molecular complexity index is 253. The van der Waals surface area contributed by atoms with Gasteiger partial charge in [0.05, 0.1) is 0 Å². The molecular formula is C4H7CaCl2NOS. The molecule has 0 bridgehead atoms. The molecule has 0 N–H and O–H groups in total. The van der Waals surface area contributed by atoms with Gasteiger partial charge in [0.25, 0.3) is 5.56 Å². The molecular weight excluding hydrogens is 221 g/mol. The molecule has 6 heteroatoms. The molecule has 1 heterocycles. The number of hydrogen-bond acceptors (Lipinski definition) is 2. The van der Waals surface area contributed by atoms with Crippen LogP contribution >= 0.6 is 35.5 Å². The van der Waals surface area contributed by atoms with Gasteiger partial charge in [-0.3, -0.25) is 8.75 Å². The molecule has 0 unspecified atom stereocenters. The average Bonchev–Trinajstić information content (AvgIpc) is 1.85. The maximum atomic E-state index is 10.5. The van der Waals surface area contributed by atoms with Crippen LogP contribution in [0.1, 0.15) is 2.85 Å². The first-order valence-corrected chi connectivity index (χ1v) is 3.18. The molecule has 0 aliphatic carbocycles. The number of aromatic nitrogens is 1. The van der Waals surface area contributed by atoms with Crippen LogP contribution < -0.4 is 5.56 Å². The molecule has 0 saturated carbocycles. The Kier molecular flexibility index (Phi) is 8.11. The van der Waals surface area contributed by atoms with Crippen LogP contribution in [0.5, 0.6) is 0 Å². The Morgan fingerprint density at radius 3 is 2.40 bits per heavy atom. The number of aryl methyl sites for hydroxylation is 1. The van der Waals surface area contributed by atoms with Crippen molar-refractivity contribution in [3.05, 3.63) is 20.8 Å². The summed E-state index contributed by atoms with van der Waals surface area (Å²) < 4.78 is 2.01. The van der Waals surface area contributed by atoms with Gasteiger partial charge in [0, 0.05) is 13.1 Å². The van der Waals surface area contributed by atoms with Crippen molar-refractivity contribution in [1.29, 1.82) is 0 Å². The molecule has 0 radical (unpaired) electrons. The number of nitrogens with zero attached hydrogens (tertiary/aromatic N) is 1. The number of hydrogen-bond donors (Lipinski definition) is 0. The van der Waals surface area contributed by atoms with Gasteiger partial charge in [0.2, 0.25) is 0 Å². The maximum Gasteiger partial charge on any atom is 2.00 e. The summed E-state index contributed by atoms with van der Waals surface area (Å²) in [6, 6.07) is 1.40. The molecule has 0 aliphatic rings. The van der Waals surface area contributed by atoms with Crippen LogP contribution in [0.15, 0.2) is 10.9 Å². The minimum absolute atomic E-state index is 0. The fourth-order valence-corrected chi connectivity index (χ4v) is 1.35. The Balaban J connectivity index is -0.0000000800. The van der Waals surface area contributed by atoms with Crippen LogP contribution in [0.3, 0.4) is 0 Å². The van der Waals surface area contributed by atoms with Gasteiger partial charge in [-0.2, -0.15) is 0 Å². The Labute approximate surface area is 107 Å². The molecule has 0 fully saturated rings. The second kappa shape index (κ2) is 5.86. The minimum atomic E-state index is -0.0417. The van der Waals surface area contributed by atoms with E-state index in [1.165, 1.54) is 21.6 Å². The normalized spacial score (nSPS) is 7.80. The van der Waals surface area contributed by atoms with Crippen molar-refractivity contribution in [2.24, 2.45) is 7.05 Å². The topological polar surface area (TPSA) is 22.0 Å². The fraction of sp³-hybridized carbons (Fsp3) is 0.250. The van der Waals surface area contributed by atoms with Crippen LogP contribution in [-0.2, 0) is 7.05 Å². The SMILES string of the molecule is Cl.Cn1sc(Cl)cc1=O.[Ca+2].[H-].[H-]. The molecule has 1 aromatic heterocycles. The zero-order valence-electron chi connectivity index (χ0n) is 7.33. The summed E-state index contributed by atoms with van der Waals surface area (Å²) in [6.07, 6.45) is 0. The van der Waals surface area contributed by atoms with Gasteiger partial charge in [-0.1, -0.05) is 11.6 Å². The molecule has 1 aromatic rings. The quantitative estimate of drug-likeness (QED) is 0.614. The largest absolute Gasteiger partial charge is 2.00 e. The molecule has 10 heavy (non-hydrogen) atoms. The third-order valence-corrected chi connectivity index (χ3v) is 1.83. The Morgan fingerprint density at radius 2 is 2.30 bits per heavy atom. The van der Waals surface area contributed by atoms with Crippen LogP contribution in [0.2, 0.25) is 4.34 Å². The van der Waals surface area contributed by atoms with Gasteiger partial charge in [0.1, 0.15) is 4.34 Å². The van der Waals surface area contributed by atoms with Gasteiger partial charge in [0.15, 0.2) is 0 Å².